The minimum Gasteiger partial charge on any atom is -0.250 e. The average Bonchev–Trinajstić information content (AvgIpc) is 2.26. The Hall–Kier alpha value is -0.445. The standard InChI is InChI=1S/C14H25BN/c1-11(2)12(3)15(10-16)13-6-4-7-14(15)9-5-8-13/h11-14H,4-9H2,1-3H3/q-1. The summed E-state index contributed by atoms with van der Waals surface area (Å²) in [5.41, 5.74) is 0. The van der Waals surface area contributed by atoms with E-state index in [1.807, 2.05) is 0 Å². The van der Waals surface area contributed by atoms with Gasteiger partial charge in [-0.05, 0) is 0 Å². The van der Waals surface area contributed by atoms with Gasteiger partial charge in [0, 0.05) is 0 Å². The molecule has 0 saturated carbocycles. The predicted octanol–water partition coefficient (Wildman–Crippen LogP) is 4.65. The van der Waals surface area contributed by atoms with Gasteiger partial charge >= 0.3 is 0 Å². The molecule has 0 aromatic heterocycles. The van der Waals surface area contributed by atoms with E-state index < -0.39 is 6.15 Å². The van der Waals surface area contributed by atoms with Crippen LogP contribution in [0.4, 0.5) is 0 Å². The van der Waals surface area contributed by atoms with Gasteiger partial charge in [-0.1, -0.05) is 65.2 Å². The third kappa shape index (κ3) is 1.60. The van der Waals surface area contributed by atoms with Gasteiger partial charge in [0.05, 0.1) is 0 Å². The Kier molecular flexibility index (Phi) is 3.33. The predicted molar refractivity (Wildman–Crippen MR) is 70.8 cm³/mol. The molecule has 2 saturated heterocycles. The maximum Gasteiger partial charge on any atom is 0.113 e. The van der Waals surface area contributed by atoms with Crippen molar-refractivity contribution in [3.05, 3.63) is 0 Å². The Morgan fingerprint density at radius 2 is 1.44 bits per heavy atom. The van der Waals surface area contributed by atoms with Crippen LogP contribution in [0.5, 0.6) is 0 Å². The summed E-state index contributed by atoms with van der Waals surface area (Å²) in [5, 5.41) is 9.84. The molecule has 0 aromatic carbocycles. The molecular weight excluding hydrogens is 193 g/mol. The first-order valence-electron chi connectivity index (χ1n) is 7.21. The Bertz CT molecular complexity index is 264. The van der Waals surface area contributed by atoms with Gasteiger partial charge in [-0.2, -0.15) is 23.4 Å². The van der Waals surface area contributed by atoms with Crippen LogP contribution in [0.25, 0.3) is 0 Å². The molecule has 0 amide bonds. The van der Waals surface area contributed by atoms with E-state index in [1.165, 1.54) is 38.5 Å². The molecule has 0 N–H and O–H groups in total. The summed E-state index contributed by atoms with van der Waals surface area (Å²) in [6, 6.07) is 0. The summed E-state index contributed by atoms with van der Waals surface area (Å²) in [7, 11) is 0. The van der Waals surface area contributed by atoms with E-state index in [2.05, 4.69) is 26.7 Å². The van der Waals surface area contributed by atoms with Gasteiger partial charge in [-0.15, -0.1) is 0 Å². The Morgan fingerprint density at radius 3 is 1.75 bits per heavy atom. The molecule has 0 aromatic rings. The average molecular weight is 218 g/mol. The van der Waals surface area contributed by atoms with Gasteiger partial charge in [0.1, 0.15) is 6.15 Å². The topological polar surface area (TPSA) is 23.8 Å². The molecule has 1 unspecified atom stereocenters. The number of hydrogen-bond acceptors (Lipinski definition) is 1. The normalized spacial score (nSPS) is 40.4. The van der Waals surface area contributed by atoms with E-state index in [-0.39, 0.29) is 0 Å². The van der Waals surface area contributed by atoms with E-state index >= 15 is 0 Å². The third-order valence-electron chi connectivity index (χ3n) is 6.00. The molecule has 1 atom stereocenters. The molecule has 90 valence electrons. The first kappa shape index (κ1) is 12.0. The molecule has 2 aliphatic rings. The summed E-state index contributed by atoms with van der Waals surface area (Å²) in [5.74, 6) is 5.67. The molecular formula is C14H25BN-. The van der Waals surface area contributed by atoms with Crippen LogP contribution >= 0.6 is 0 Å². The summed E-state index contributed by atoms with van der Waals surface area (Å²) in [4.78, 5) is 0. The molecule has 0 radical (unpaired) electrons. The monoisotopic (exact) mass is 218 g/mol. The second kappa shape index (κ2) is 4.44. The lowest BCUT2D eigenvalue weighted by Crippen LogP contribution is -2.53. The van der Waals surface area contributed by atoms with E-state index in [9.17, 15) is 5.26 Å². The van der Waals surface area contributed by atoms with Crippen LogP contribution in [0.1, 0.15) is 59.3 Å². The quantitative estimate of drug-likeness (QED) is 0.618. The first-order valence-corrected chi connectivity index (χ1v) is 7.21. The van der Waals surface area contributed by atoms with Crippen molar-refractivity contribution in [3.8, 4) is 5.97 Å². The maximum absolute atomic E-state index is 9.84. The van der Waals surface area contributed by atoms with E-state index in [0.29, 0.717) is 11.7 Å². The largest absolute Gasteiger partial charge is 0.250 e. The lowest BCUT2D eigenvalue weighted by molar-refractivity contribution is 0.414. The number of hydrogen-bond donors (Lipinski definition) is 0. The highest BCUT2D eigenvalue weighted by molar-refractivity contribution is 6.90. The summed E-state index contributed by atoms with van der Waals surface area (Å²) in [6.07, 6.45) is 7.36. The fourth-order valence-electron chi connectivity index (χ4n) is 4.89. The minimum absolute atomic E-state index is 0.626. The van der Waals surface area contributed by atoms with Crippen LogP contribution in [0, 0.1) is 17.1 Å². The molecule has 2 heteroatoms. The van der Waals surface area contributed by atoms with E-state index in [1.54, 1.807) is 0 Å². The molecule has 1 nitrogen and oxygen atoms in total. The molecule has 0 aliphatic carbocycles. The second-order valence-corrected chi connectivity index (χ2v) is 6.69. The number of fused-ring (bicyclic) bond motifs is 2. The van der Waals surface area contributed by atoms with E-state index in [4.69, 9.17) is 0 Å². The van der Waals surface area contributed by atoms with Gasteiger partial charge < -0.3 is 0 Å². The highest BCUT2D eigenvalue weighted by Gasteiger charge is 2.48. The highest BCUT2D eigenvalue weighted by Crippen LogP contribution is 2.58. The zero-order chi connectivity index (χ0) is 11.8. The Morgan fingerprint density at radius 1 is 1.00 bits per heavy atom. The van der Waals surface area contributed by atoms with Crippen molar-refractivity contribution in [2.24, 2.45) is 5.92 Å². The molecule has 2 rings (SSSR count). The Labute approximate surface area is 101 Å². The lowest BCUT2D eigenvalue weighted by Gasteiger charge is -2.59. The molecule has 2 fully saturated rings. The van der Waals surface area contributed by atoms with Crippen LogP contribution in [0.15, 0.2) is 0 Å². The van der Waals surface area contributed by atoms with Crippen molar-refractivity contribution >= 4 is 6.15 Å². The molecule has 16 heavy (non-hydrogen) atoms. The maximum atomic E-state index is 9.84. The van der Waals surface area contributed by atoms with Crippen molar-refractivity contribution < 1.29 is 0 Å². The smallest absolute Gasteiger partial charge is 0.113 e. The van der Waals surface area contributed by atoms with E-state index in [0.717, 1.165) is 11.6 Å². The third-order valence-corrected chi connectivity index (χ3v) is 6.00. The van der Waals surface area contributed by atoms with Gasteiger partial charge in [-0.25, -0.2) is 5.26 Å². The summed E-state index contributed by atoms with van der Waals surface area (Å²) < 4.78 is 0. The van der Waals surface area contributed by atoms with Crippen molar-refractivity contribution in [2.45, 2.75) is 76.7 Å². The second-order valence-electron chi connectivity index (χ2n) is 6.69. The van der Waals surface area contributed by atoms with Crippen LogP contribution < -0.4 is 0 Å². The SMILES string of the molecule is CC(C)C(C)[B-]1(C#N)C2CCCC1CCC2. The highest BCUT2D eigenvalue weighted by atomic mass is 14.4. The molecule has 2 bridgehead atoms. The van der Waals surface area contributed by atoms with Gasteiger partial charge in [0.25, 0.3) is 0 Å². The first-order chi connectivity index (χ1) is 7.63. The Balaban J connectivity index is 2.34. The van der Waals surface area contributed by atoms with Crippen molar-refractivity contribution in [3.63, 3.8) is 0 Å². The van der Waals surface area contributed by atoms with Gasteiger partial charge in [0.2, 0.25) is 0 Å². The lowest BCUT2D eigenvalue weighted by atomic mass is 9.05. The minimum atomic E-state index is -0.738. The van der Waals surface area contributed by atoms with Gasteiger partial charge in [-0.3, -0.25) is 0 Å². The van der Waals surface area contributed by atoms with Crippen molar-refractivity contribution in [2.75, 3.05) is 0 Å². The van der Waals surface area contributed by atoms with Crippen LogP contribution in [-0.2, 0) is 0 Å². The molecule has 2 heterocycles. The van der Waals surface area contributed by atoms with Crippen molar-refractivity contribution in [1.82, 2.24) is 0 Å². The summed E-state index contributed by atoms with van der Waals surface area (Å²) in [6.45, 7) is 6.95. The van der Waals surface area contributed by atoms with Gasteiger partial charge in [0.15, 0.2) is 0 Å². The van der Waals surface area contributed by atoms with Crippen LogP contribution in [-0.4, -0.2) is 6.15 Å². The molecule has 2 aliphatic heterocycles. The zero-order valence-electron chi connectivity index (χ0n) is 11.1. The summed E-state index contributed by atoms with van der Waals surface area (Å²) >= 11 is 0. The fourth-order valence-corrected chi connectivity index (χ4v) is 4.89. The number of nitriles is 1. The van der Waals surface area contributed by atoms with Crippen LogP contribution in [0.3, 0.4) is 0 Å². The number of nitrogens with zero attached hydrogens (tertiary/aromatic N) is 1. The number of rotatable bonds is 2. The van der Waals surface area contributed by atoms with Crippen molar-refractivity contribution in [1.29, 1.82) is 5.26 Å². The fraction of sp³-hybridized carbons (Fsp3) is 0.929. The van der Waals surface area contributed by atoms with Crippen LogP contribution in [0.2, 0.25) is 17.5 Å². The zero-order valence-corrected chi connectivity index (χ0v) is 11.1. The molecule has 0 spiro atoms.